The van der Waals surface area contributed by atoms with Gasteiger partial charge in [0.1, 0.15) is 0 Å². The van der Waals surface area contributed by atoms with Crippen LogP contribution in [0.3, 0.4) is 0 Å². The van der Waals surface area contributed by atoms with Crippen molar-refractivity contribution in [3.05, 3.63) is 0 Å². The number of amides is 1. The first-order valence-corrected chi connectivity index (χ1v) is 7.31. The van der Waals surface area contributed by atoms with Crippen molar-refractivity contribution in [1.82, 2.24) is 5.32 Å². The second-order valence-corrected chi connectivity index (χ2v) is 5.47. The van der Waals surface area contributed by atoms with Gasteiger partial charge in [-0.25, -0.2) is 0 Å². The van der Waals surface area contributed by atoms with E-state index in [4.69, 9.17) is 10.8 Å². The van der Waals surface area contributed by atoms with Crippen LogP contribution < -0.4 is 11.1 Å². The summed E-state index contributed by atoms with van der Waals surface area (Å²) in [5.41, 5.74) is 5.84. The molecule has 20 heavy (non-hydrogen) atoms. The molecule has 4 N–H and O–H groups in total. The van der Waals surface area contributed by atoms with Crippen molar-refractivity contribution in [2.24, 2.45) is 11.7 Å². The summed E-state index contributed by atoms with van der Waals surface area (Å²) in [6, 6.07) is -0.793. The summed E-state index contributed by atoms with van der Waals surface area (Å²) in [6.07, 6.45) is 0.450. The Balaban J connectivity index is 4.18. The second-order valence-electron chi connectivity index (χ2n) is 5.11. The van der Waals surface area contributed by atoms with Crippen molar-refractivity contribution in [3.63, 3.8) is 0 Å². The highest BCUT2D eigenvalue weighted by molar-refractivity contribution is 7.80. The first-order valence-electron chi connectivity index (χ1n) is 6.68. The molecule has 0 saturated carbocycles. The van der Waals surface area contributed by atoms with E-state index in [1.807, 2.05) is 13.8 Å². The molecular formula is C13H24N2O4S. The van der Waals surface area contributed by atoms with Crippen LogP contribution in [0.4, 0.5) is 0 Å². The molecule has 2 atom stereocenters. The molecule has 1 amide bonds. The zero-order valence-corrected chi connectivity index (χ0v) is 12.9. The van der Waals surface area contributed by atoms with Crippen molar-refractivity contribution in [2.45, 2.75) is 51.6 Å². The van der Waals surface area contributed by atoms with Gasteiger partial charge in [0.15, 0.2) is 5.78 Å². The molecule has 0 radical (unpaired) electrons. The van der Waals surface area contributed by atoms with Crippen LogP contribution >= 0.6 is 12.6 Å². The number of carbonyl (C=O) groups is 3. The Morgan fingerprint density at radius 2 is 1.80 bits per heavy atom. The van der Waals surface area contributed by atoms with Crippen molar-refractivity contribution in [3.8, 4) is 0 Å². The predicted molar refractivity (Wildman–Crippen MR) is 79.7 cm³/mol. The molecule has 116 valence electrons. The molecule has 0 unspecified atom stereocenters. The molecule has 7 heteroatoms. The standard InChI is InChI=1S/C13H24N2O4S/c1-8(2)9(14)3-5-12(17)15-10(7-20)11(16)4-6-13(18)19/h8-10,20H,3-7,14H2,1-2H3,(H,15,17)(H,18,19)/t9-,10-/m0/s1. The predicted octanol–water partition coefficient (Wildman–Crippen LogP) is 0.598. The topological polar surface area (TPSA) is 109 Å². The lowest BCUT2D eigenvalue weighted by atomic mass is 10.00. The minimum Gasteiger partial charge on any atom is -0.481 e. The quantitative estimate of drug-likeness (QED) is 0.442. The van der Waals surface area contributed by atoms with E-state index in [1.54, 1.807) is 0 Å². The summed E-state index contributed by atoms with van der Waals surface area (Å²) in [5.74, 6) is -1.17. The van der Waals surface area contributed by atoms with Crippen LogP contribution in [0.2, 0.25) is 0 Å². The van der Waals surface area contributed by atoms with E-state index >= 15 is 0 Å². The highest BCUT2D eigenvalue weighted by Gasteiger charge is 2.20. The SMILES string of the molecule is CC(C)[C@@H](N)CCC(=O)N[C@@H](CS)C(=O)CCC(=O)O. The van der Waals surface area contributed by atoms with Gasteiger partial charge in [-0.2, -0.15) is 12.6 Å². The molecule has 0 aromatic heterocycles. The number of rotatable bonds is 10. The van der Waals surface area contributed by atoms with Gasteiger partial charge in [0.2, 0.25) is 5.91 Å². The number of Topliss-reactive ketones (excluding diaryl/α,β-unsaturated/α-hetero) is 1. The second kappa shape index (κ2) is 9.77. The maximum absolute atomic E-state index is 11.7. The average molecular weight is 304 g/mol. The van der Waals surface area contributed by atoms with Gasteiger partial charge in [0, 0.05) is 24.6 Å². The third-order valence-electron chi connectivity index (χ3n) is 3.05. The molecular weight excluding hydrogens is 280 g/mol. The highest BCUT2D eigenvalue weighted by atomic mass is 32.1. The summed E-state index contributed by atoms with van der Waals surface area (Å²) < 4.78 is 0. The van der Waals surface area contributed by atoms with Gasteiger partial charge in [0.05, 0.1) is 12.5 Å². The Hall–Kier alpha value is -1.08. The summed E-state index contributed by atoms with van der Waals surface area (Å²) >= 11 is 4.01. The maximum Gasteiger partial charge on any atom is 0.303 e. The van der Waals surface area contributed by atoms with Crippen LogP contribution in [0.5, 0.6) is 0 Å². The van der Waals surface area contributed by atoms with Crippen molar-refractivity contribution in [1.29, 1.82) is 0 Å². The van der Waals surface area contributed by atoms with Crippen molar-refractivity contribution in [2.75, 3.05) is 5.75 Å². The first-order chi connectivity index (χ1) is 9.27. The summed E-state index contributed by atoms with van der Waals surface area (Å²) in [4.78, 5) is 33.8. The Morgan fingerprint density at radius 1 is 1.20 bits per heavy atom. The van der Waals surface area contributed by atoms with Crippen LogP contribution in [-0.2, 0) is 14.4 Å². The van der Waals surface area contributed by atoms with Crippen LogP contribution in [0.1, 0.15) is 39.5 Å². The van der Waals surface area contributed by atoms with Crippen molar-refractivity contribution < 1.29 is 19.5 Å². The Bertz CT molecular complexity index is 347. The minimum atomic E-state index is -1.04. The lowest BCUT2D eigenvalue weighted by Crippen LogP contribution is -2.43. The molecule has 0 aliphatic heterocycles. The van der Waals surface area contributed by atoms with E-state index in [0.29, 0.717) is 12.3 Å². The van der Waals surface area contributed by atoms with Gasteiger partial charge in [-0.15, -0.1) is 0 Å². The summed E-state index contributed by atoms with van der Waals surface area (Å²) in [7, 11) is 0. The van der Waals surface area contributed by atoms with Gasteiger partial charge < -0.3 is 16.2 Å². The van der Waals surface area contributed by atoms with E-state index in [9.17, 15) is 14.4 Å². The highest BCUT2D eigenvalue weighted by Crippen LogP contribution is 2.06. The normalized spacial score (nSPS) is 13.8. The van der Waals surface area contributed by atoms with Crippen LogP contribution in [-0.4, -0.2) is 40.6 Å². The monoisotopic (exact) mass is 304 g/mol. The number of aliphatic carboxylic acids is 1. The largest absolute Gasteiger partial charge is 0.481 e. The van der Waals surface area contributed by atoms with Gasteiger partial charge in [0.25, 0.3) is 0 Å². The van der Waals surface area contributed by atoms with Gasteiger partial charge in [-0.05, 0) is 12.3 Å². The molecule has 0 aromatic rings. The lowest BCUT2D eigenvalue weighted by molar-refractivity contribution is -0.138. The number of carboxylic acids is 1. The summed E-state index contributed by atoms with van der Waals surface area (Å²) in [6.45, 7) is 3.96. The van der Waals surface area contributed by atoms with E-state index in [-0.39, 0.29) is 42.7 Å². The number of nitrogens with two attached hydrogens (primary N) is 1. The Kier molecular flexibility index (Phi) is 9.24. The lowest BCUT2D eigenvalue weighted by Gasteiger charge is -2.18. The molecule has 0 saturated heterocycles. The molecule has 0 aliphatic rings. The zero-order chi connectivity index (χ0) is 15.7. The number of carboxylic acid groups (broad SMARTS) is 1. The molecule has 0 spiro atoms. The smallest absolute Gasteiger partial charge is 0.303 e. The number of hydrogen-bond donors (Lipinski definition) is 4. The van der Waals surface area contributed by atoms with Crippen LogP contribution in [0.15, 0.2) is 0 Å². The van der Waals surface area contributed by atoms with Gasteiger partial charge in [-0.3, -0.25) is 14.4 Å². The Morgan fingerprint density at radius 3 is 2.25 bits per heavy atom. The molecule has 6 nitrogen and oxygen atoms in total. The number of ketones is 1. The van der Waals surface area contributed by atoms with Gasteiger partial charge >= 0.3 is 5.97 Å². The van der Waals surface area contributed by atoms with Crippen LogP contribution in [0, 0.1) is 5.92 Å². The fraction of sp³-hybridized carbons (Fsp3) is 0.769. The fourth-order valence-corrected chi connectivity index (χ4v) is 1.82. The van der Waals surface area contributed by atoms with E-state index in [0.717, 1.165) is 0 Å². The first kappa shape index (κ1) is 18.9. The minimum absolute atomic E-state index is 0.0575. The molecule has 0 fully saturated rings. The maximum atomic E-state index is 11.7. The third kappa shape index (κ3) is 8.16. The number of hydrogen-bond acceptors (Lipinski definition) is 5. The fourth-order valence-electron chi connectivity index (χ4n) is 1.53. The third-order valence-corrected chi connectivity index (χ3v) is 3.42. The van der Waals surface area contributed by atoms with E-state index in [2.05, 4.69) is 17.9 Å². The Labute approximate surface area is 124 Å². The molecule has 0 rings (SSSR count). The van der Waals surface area contributed by atoms with Crippen LogP contribution in [0.25, 0.3) is 0 Å². The molecule has 0 bridgehead atoms. The number of carbonyl (C=O) groups excluding carboxylic acids is 2. The number of nitrogens with one attached hydrogen (secondary N) is 1. The summed E-state index contributed by atoms with van der Waals surface area (Å²) in [5, 5.41) is 11.1. The number of thiol groups is 1. The average Bonchev–Trinajstić information content (AvgIpc) is 2.38. The molecule has 0 aromatic carbocycles. The zero-order valence-electron chi connectivity index (χ0n) is 12.0. The molecule has 0 aliphatic carbocycles. The molecule has 0 heterocycles. The van der Waals surface area contributed by atoms with Crippen molar-refractivity contribution >= 4 is 30.3 Å². The van der Waals surface area contributed by atoms with E-state index in [1.165, 1.54) is 0 Å². The van der Waals surface area contributed by atoms with Gasteiger partial charge in [-0.1, -0.05) is 13.8 Å². The van der Waals surface area contributed by atoms with E-state index < -0.39 is 12.0 Å².